The molecule has 1 aromatic heterocycles. The molecular weight excluding hydrogens is 1050 g/mol. The molecule has 0 bridgehead atoms. The summed E-state index contributed by atoms with van der Waals surface area (Å²) in [4.78, 5) is 54.3. The van der Waals surface area contributed by atoms with Crippen LogP contribution in [0.1, 0.15) is 124 Å². The lowest BCUT2D eigenvalue weighted by Crippen LogP contribution is -2.61. The summed E-state index contributed by atoms with van der Waals surface area (Å²) in [5.74, 6) is -6.12. The van der Waals surface area contributed by atoms with E-state index in [4.69, 9.17) is 42.1 Å². The molecule has 5 heterocycles. The summed E-state index contributed by atoms with van der Waals surface area (Å²) in [6, 6.07) is 4.98. The van der Waals surface area contributed by atoms with Gasteiger partial charge in [-0.15, -0.1) is 0 Å². The smallest absolute Gasteiger partial charge is 0.477 e. The molecule has 0 unspecified atom stereocenters. The molecule has 4 fully saturated rings. The van der Waals surface area contributed by atoms with E-state index in [1.807, 2.05) is 38.9 Å². The minimum atomic E-state index is -4.22. The number of cyclic esters (lactones) is 1. The van der Waals surface area contributed by atoms with Crippen molar-refractivity contribution in [3.05, 3.63) is 45.7 Å². The molecule has 0 saturated carbocycles. The van der Waals surface area contributed by atoms with Gasteiger partial charge in [-0.1, -0.05) is 38.9 Å². The number of benzene rings is 1. The van der Waals surface area contributed by atoms with Crippen LogP contribution in [-0.2, 0) is 70.0 Å². The SMILES string of the molecule is CC[C@H]1OC(=O)[C@H](C)[C@@H](O[C@H]2C[C@@](C)(OC)[C@@H](OS(=O)(=O)CCNCCCc3ccc4c(c3)c(=O)c(C(=O)O)cn4CC)[C@H](C)O2)[C@H](C)[C@@H](O[C@@H]2O[C@H](C)C[C@H](N(C)C)[C@H]2O)[C@](C)(O)C[C@@H](C)/C(=N\O)[C@H](C)[C@H]2OC(=O)O[C@@]21C. The third-order valence-electron chi connectivity index (χ3n) is 16.7. The molecule has 4 saturated heterocycles. The first-order valence-electron chi connectivity index (χ1n) is 27.5. The van der Waals surface area contributed by atoms with E-state index in [9.17, 15) is 48.1 Å². The van der Waals surface area contributed by atoms with E-state index in [0.717, 1.165) is 5.56 Å². The maximum atomic E-state index is 14.8. The summed E-state index contributed by atoms with van der Waals surface area (Å²) < 4.78 is 85.2. The van der Waals surface area contributed by atoms with Gasteiger partial charge < -0.3 is 73.2 Å². The molecule has 6 rings (SSSR count). The van der Waals surface area contributed by atoms with Crippen LogP contribution in [0.2, 0.25) is 0 Å². The number of hydrogen-bond donors (Lipinski definition) is 5. The number of ether oxygens (including phenoxy) is 8. The molecule has 5 N–H and O–H groups in total. The molecule has 0 amide bonds. The highest BCUT2D eigenvalue weighted by Crippen LogP contribution is 2.44. The van der Waals surface area contributed by atoms with Gasteiger partial charge >= 0.3 is 18.1 Å². The van der Waals surface area contributed by atoms with Crippen LogP contribution in [0.25, 0.3) is 10.9 Å². The highest BCUT2D eigenvalue weighted by Gasteiger charge is 2.59. The van der Waals surface area contributed by atoms with Gasteiger partial charge in [0.05, 0.1) is 58.5 Å². The Kier molecular flexibility index (Phi) is 20.9. The van der Waals surface area contributed by atoms with Crippen molar-refractivity contribution < 1.29 is 85.4 Å². The van der Waals surface area contributed by atoms with E-state index >= 15 is 0 Å². The molecular formula is C55H86N4O19S. The average molecular weight is 1140 g/mol. The van der Waals surface area contributed by atoms with Crippen molar-refractivity contribution in [2.75, 3.05) is 40.0 Å². The number of aromatic carboxylic acids is 1. The van der Waals surface area contributed by atoms with Gasteiger partial charge in [0.1, 0.15) is 23.9 Å². The second-order valence-corrected chi connectivity index (χ2v) is 24.7. The number of nitrogens with one attached hydrogen (secondary N) is 1. The quantitative estimate of drug-likeness (QED) is 0.0439. The van der Waals surface area contributed by atoms with Gasteiger partial charge in [-0.2, -0.15) is 8.42 Å². The van der Waals surface area contributed by atoms with E-state index in [1.54, 1.807) is 72.1 Å². The van der Waals surface area contributed by atoms with Crippen LogP contribution in [0.3, 0.4) is 0 Å². The van der Waals surface area contributed by atoms with Crippen LogP contribution in [-0.4, -0.2) is 187 Å². The minimum absolute atomic E-state index is 0.0406. The first-order valence-corrected chi connectivity index (χ1v) is 29.1. The zero-order valence-corrected chi connectivity index (χ0v) is 49.0. The monoisotopic (exact) mass is 1140 g/mol. The van der Waals surface area contributed by atoms with Crippen LogP contribution >= 0.6 is 0 Å². The Morgan fingerprint density at radius 3 is 2.28 bits per heavy atom. The van der Waals surface area contributed by atoms with Gasteiger partial charge in [-0.05, 0) is 119 Å². The lowest BCUT2D eigenvalue weighted by atomic mass is 9.73. The largest absolute Gasteiger partial charge is 0.509 e. The number of fused-ring (bicyclic) bond motifs is 2. The fraction of sp³-hybridized carbons (Fsp3) is 0.764. The van der Waals surface area contributed by atoms with Crippen LogP contribution in [0, 0.1) is 23.7 Å². The molecule has 18 atom stereocenters. The number of rotatable bonds is 18. The number of likely N-dealkylation sites (N-methyl/N-ethyl adjacent to an activating group) is 1. The van der Waals surface area contributed by atoms with Crippen LogP contribution in [0.5, 0.6) is 0 Å². The molecule has 4 aliphatic rings. The minimum Gasteiger partial charge on any atom is -0.477 e. The number of aliphatic hydroxyl groups excluding tert-OH is 1. The van der Waals surface area contributed by atoms with Crippen molar-refractivity contribution in [3.8, 4) is 0 Å². The van der Waals surface area contributed by atoms with Crippen LogP contribution < -0.4 is 10.7 Å². The number of hydrogen-bond acceptors (Lipinski definition) is 21. The Morgan fingerprint density at radius 2 is 1.66 bits per heavy atom. The van der Waals surface area contributed by atoms with Crippen molar-refractivity contribution >= 4 is 44.8 Å². The van der Waals surface area contributed by atoms with Gasteiger partial charge in [0.25, 0.3) is 10.1 Å². The van der Waals surface area contributed by atoms with Gasteiger partial charge in [-0.3, -0.25) is 13.8 Å². The third-order valence-corrected chi connectivity index (χ3v) is 17.9. The summed E-state index contributed by atoms with van der Waals surface area (Å²) in [5, 5.41) is 51.9. The summed E-state index contributed by atoms with van der Waals surface area (Å²) >= 11 is 0. The van der Waals surface area contributed by atoms with Gasteiger partial charge in [0.15, 0.2) is 24.3 Å². The number of aliphatic hydroxyl groups is 2. The standard InChI is InChI=1S/C55H86N4O19S/c1-15-40-55(11)47(76-52(65)77-55)31(5)42(57-67)29(3)26-53(9,66)46(75-51-44(61)39(58(12)13)24-30(4)71-51)32(6)45(33(7)50(64)73-40)74-41-27-54(10,70-14)48(34(8)72-41)78-79(68,69)23-22-56-21-17-18-35-19-20-38-36(25-35)43(60)37(49(62)63)28-59(38)16-2/h19-20,25,28-34,39-41,44-48,51,56,61,66-67H,15-18,21-24,26-27H2,1-14H3,(H,62,63)/b57-42+/t29-,30-,31+,32+,33-,34+,39+,40-,41+,44-,45+,46-,47-,48+,51+,53-,54-,55-/m1/s1. The third kappa shape index (κ3) is 14.1. The topological polar surface area (TPSA) is 299 Å². The Bertz CT molecular complexity index is 2670. The number of methoxy groups -OCH3 is 1. The highest BCUT2D eigenvalue weighted by molar-refractivity contribution is 7.86. The molecule has 4 aliphatic heterocycles. The van der Waals surface area contributed by atoms with Crippen molar-refractivity contribution in [1.82, 2.24) is 14.8 Å². The molecule has 2 aromatic rings. The average Bonchev–Trinajstić information content (AvgIpc) is 3.87. The normalized spacial score (nSPS) is 37.5. The number of aryl methyl sites for hydroxylation is 2. The predicted molar refractivity (Wildman–Crippen MR) is 288 cm³/mol. The maximum Gasteiger partial charge on any atom is 0.509 e. The zero-order chi connectivity index (χ0) is 58.7. The van der Waals surface area contributed by atoms with E-state index in [2.05, 4.69) is 10.5 Å². The van der Waals surface area contributed by atoms with Gasteiger partial charge in [0, 0.05) is 62.0 Å². The summed E-state index contributed by atoms with van der Waals surface area (Å²) in [5.41, 5.74) is -4.02. The number of nitrogens with zero attached hydrogens (tertiary/aromatic N) is 3. The van der Waals surface area contributed by atoms with Crippen molar-refractivity contribution in [1.29, 1.82) is 0 Å². The molecule has 79 heavy (non-hydrogen) atoms. The Hall–Kier alpha value is -4.34. The van der Waals surface area contributed by atoms with Crippen molar-refractivity contribution in [2.24, 2.45) is 28.8 Å². The highest BCUT2D eigenvalue weighted by atomic mass is 32.2. The first kappa shape index (κ1) is 63.8. The molecule has 0 radical (unpaired) electrons. The number of oxime groups is 1. The van der Waals surface area contributed by atoms with Crippen molar-refractivity contribution in [3.63, 3.8) is 0 Å². The lowest BCUT2D eigenvalue weighted by molar-refractivity contribution is -0.316. The predicted octanol–water partition coefficient (Wildman–Crippen LogP) is 4.84. The molecule has 0 spiro atoms. The number of esters is 1. The van der Waals surface area contributed by atoms with Crippen molar-refractivity contribution in [2.45, 2.75) is 205 Å². The second-order valence-electron chi connectivity index (χ2n) is 23.0. The molecule has 0 aliphatic carbocycles. The molecule has 24 heteroatoms. The number of aromatic nitrogens is 1. The number of carbonyl (C=O) groups excluding carboxylic acids is 2. The Labute approximate surface area is 463 Å². The number of carbonyl (C=O) groups is 3. The van der Waals surface area contributed by atoms with Crippen LogP contribution in [0.4, 0.5) is 4.79 Å². The fourth-order valence-corrected chi connectivity index (χ4v) is 13.5. The van der Waals surface area contributed by atoms with Crippen LogP contribution in [0.15, 0.2) is 34.3 Å². The van der Waals surface area contributed by atoms with E-state index in [0.29, 0.717) is 43.3 Å². The van der Waals surface area contributed by atoms with Gasteiger partial charge in [-0.25, -0.2) is 9.59 Å². The maximum absolute atomic E-state index is 14.8. The van der Waals surface area contributed by atoms with Gasteiger partial charge in [0.2, 0.25) is 5.43 Å². The van der Waals surface area contributed by atoms with E-state index < -0.39 is 141 Å². The lowest BCUT2D eigenvalue weighted by Gasteiger charge is -2.49. The summed E-state index contributed by atoms with van der Waals surface area (Å²) in [7, 11) is 0.847. The zero-order valence-electron chi connectivity index (χ0n) is 48.2. The number of carboxylic acid groups (broad SMARTS) is 1. The Balaban J connectivity index is 1.22. The fourth-order valence-electron chi connectivity index (χ4n) is 12.4. The summed E-state index contributed by atoms with van der Waals surface area (Å²) in [6.45, 7) is 19.6. The molecule has 23 nitrogen and oxygen atoms in total. The first-order chi connectivity index (χ1) is 37.0. The van der Waals surface area contributed by atoms with E-state index in [1.165, 1.54) is 20.2 Å². The van der Waals surface area contributed by atoms with E-state index in [-0.39, 0.29) is 43.2 Å². The molecule has 1 aromatic carbocycles. The number of carboxylic acids is 1. The molecule has 446 valence electrons. The number of pyridine rings is 1. The Morgan fingerprint density at radius 1 is 0.962 bits per heavy atom. The summed E-state index contributed by atoms with van der Waals surface area (Å²) in [6.07, 6.45) is -8.99. The second kappa shape index (κ2) is 25.8.